The smallest absolute Gasteiger partial charge is 0.140 e. The van der Waals surface area contributed by atoms with Crippen LogP contribution in [0.25, 0.3) is 0 Å². The largest absolute Gasteiger partial charge is 0.299 e. The lowest BCUT2D eigenvalue weighted by molar-refractivity contribution is -0.122. The molecule has 0 radical (unpaired) electrons. The first kappa shape index (κ1) is 12.4. The first-order valence-electron chi connectivity index (χ1n) is 5.46. The van der Waals surface area contributed by atoms with E-state index in [9.17, 15) is 4.79 Å². The molecule has 84 valence electrons. The van der Waals surface area contributed by atoms with E-state index in [1.807, 2.05) is 38.1 Å². The highest BCUT2D eigenvalue weighted by Crippen LogP contribution is 2.30. The van der Waals surface area contributed by atoms with Gasteiger partial charge in [0.05, 0.1) is 11.5 Å². The second-order valence-electron chi connectivity index (χ2n) is 4.41. The fraction of sp³-hybridized carbons (Fsp3) is 0.429. The van der Waals surface area contributed by atoms with Gasteiger partial charge in [0, 0.05) is 6.42 Å². The number of benzene rings is 1. The molecular formula is C14H17NO. The van der Waals surface area contributed by atoms with E-state index >= 15 is 0 Å². The van der Waals surface area contributed by atoms with Crippen LogP contribution in [0.1, 0.15) is 37.8 Å². The number of rotatable bonds is 4. The van der Waals surface area contributed by atoms with Crippen molar-refractivity contribution in [1.29, 1.82) is 5.26 Å². The van der Waals surface area contributed by atoms with Crippen molar-refractivity contribution >= 4 is 5.78 Å². The van der Waals surface area contributed by atoms with Crippen LogP contribution < -0.4 is 0 Å². The number of nitriles is 1. The minimum absolute atomic E-state index is 0.117. The summed E-state index contributed by atoms with van der Waals surface area (Å²) >= 11 is 0. The van der Waals surface area contributed by atoms with Crippen molar-refractivity contribution in [2.24, 2.45) is 0 Å². The van der Waals surface area contributed by atoms with Gasteiger partial charge in [-0.1, -0.05) is 29.8 Å². The number of Topliss-reactive ketones (excluding diaryl/α,β-unsaturated/α-hetero) is 1. The lowest BCUT2D eigenvalue weighted by Crippen LogP contribution is -2.30. The molecule has 0 aromatic heterocycles. The van der Waals surface area contributed by atoms with Crippen molar-refractivity contribution < 1.29 is 4.79 Å². The van der Waals surface area contributed by atoms with Crippen LogP contribution in [-0.4, -0.2) is 5.78 Å². The van der Waals surface area contributed by atoms with E-state index in [1.54, 1.807) is 6.92 Å². The van der Waals surface area contributed by atoms with Crippen LogP contribution >= 0.6 is 0 Å². The van der Waals surface area contributed by atoms with E-state index in [0.717, 1.165) is 5.56 Å². The van der Waals surface area contributed by atoms with Crippen LogP contribution in [0, 0.1) is 18.3 Å². The topological polar surface area (TPSA) is 40.9 Å². The van der Waals surface area contributed by atoms with E-state index < -0.39 is 5.41 Å². The summed E-state index contributed by atoms with van der Waals surface area (Å²) in [5.41, 5.74) is 1.65. The van der Waals surface area contributed by atoms with Crippen molar-refractivity contribution in [2.75, 3.05) is 0 Å². The zero-order chi connectivity index (χ0) is 12.2. The van der Waals surface area contributed by atoms with E-state index in [0.29, 0.717) is 12.8 Å². The molecule has 0 amide bonds. The molecular weight excluding hydrogens is 198 g/mol. The molecule has 1 rings (SSSR count). The number of ketones is 1. The second-order valence-corrected chi connectivity index (χ2v) is 4.41. The average Bonchev–Trinajstić information content (AvgIpc) is 2.26. The van der Waals surface area contributed by atoms with Gasteiger partial charge in [0.2, 0.25) is 0 Å². The summed E-state index contributed by atoms with van der Waals surface area (Å²) in [7, 11) is 0. The Bertz CT molecular complexity index is 413. The van der Waals surface area contributed by atoms with Gasteiger partial charge in [0.15, 0.2) is 0 Å². The van der Waals surface area contributed by atoms with E-state index in [2.05, 4.69) is 6.07 Å². The summed E-state index contributed by atoms with van der Waals surface area (Å²) < 4.78 is 0. The van der Waals surface area contributed by atoms with Crippen LogP contribution in [0.5, 0.6) is 0 Å². The third-order valence-electron chi connectivity index (χ3n) is 3.20. The van der Waals surface area contributed by atoms with E-state index in [4.69, 9.17) is 5.26 Å². The Morgan fingerprint density at radius 3 is 2.38 bits per heavy atom. The van der Waals surface area contributed by atoms with Crippen molar-refractivity contribution in [3.05, 3.63) is 35.4 Å². The van der Waals surface area contributed by atoms with Crippen molar-refractivity contribution in [2.45, 2.75) is 39.0 Å². The Morgan fingerprint density at radius 2 is 1.94 bits per heavy atom. The zero-order valence-corrected chi connectivity index (χ0v) is 10.1. The highest BCUT2D eigenvalue weighted by atomic mass is 16.1. The molecule has 0 saturated heterocycles. The minimum Gasteiger partial charge on any atom is -0.299 e. The summed E-state index contributed by atoms with van der Waals surface area (Å²) in [4.78, 5) is 11.7. The number of carbonyl (C=O) groups is 1. The van der Waals surface area contributed by atoms with Crippen LogP contribution in [0.3, 0.4) is 0 Å². The summed E-state index contributed by atoms with van der Waals surface area (Å²) in [6, 6.07) is 10.1. The monoisotopic (exact) mass is 215 g/mol. The van der Waals surface area contributed by atoms with Crippen molar-refractivity contribution in [3.8, 4) is 6.07 Å². The third-order valence-corrected chi connectivity index (χ3v) is 3.20. The third kappa shape index (κ3) is 2.49. The van der Waals surface area contributed by atoms with Crippen molar-refractivity contribution in [1.82, 2.24) is 0 Å². The van der Waals surface area contributed by atoms with Gasteiger partial charge < -0.3 is 0 Å². The summed E-state index contributed by atoms with van der Waals surface area (Å²) in [6.45, 7) is 5.53. The lowest BCUT2D eigenvalue weighted by atomic mass is 9.75. The Labute approximate surface area is 96.9 Å². The van der Waals surface area contributed by atoms with Crippen LogP contribution in [0.15, 0.2) is 24.3 Å². The van der Waals surface area contributed by atoms with Crippen LogP contribution in [0.2, 0.25) is 0 Å². The molecule has 0 saturated carbocycles. The molecule has 2 nitrogen and oxygen atoms in total. The van der Waals surface area contributed by atoms with Gasteiger partial charge >= 0.3 is 0 Å². The number of carbonyl (C=O) groups excluding carboxylic acids is 1. The molecule has 0 aliphatic rings. The summed E-state index contributed by atoms with van der Waals surface area (Å²) in [5, 5.41) is 8.64. The highest BCUT2D eigenvalue weighted by molar-refractivity contribution is 5.87. The quantitative estimate of drug-likeness (QED) is 0.774. The molecule has 0 N–H and O–H groups in total. The number of nitrogens with zero attached hydrogens (tertiary/aromatic N) is 1. The van der Waals surface area contributed by atoms with Crippen LogP contribution in [-0.2, 0) is 10.2 Å². The van der Waals surface area contributed by atoms with Gasteiger partial charge in [-0.3, -0.25) is 4.79 Å². The maximum absolute atomic E-state index is 11.7. The van der Waals surface area contributed by atoms with Gasteiger partial charge in [-0.25, -0.2) is 0 Å². The molecule has 0 bridgehead atoms. The summed E-state index contributed by atoms with van der Waals surface area (Å²) in [5.74, 6) is 0.117. The molecule has 2 heteroatoms. The molecule has 0 spiro atoms. The standard InChI is InChI=1S/C14H17NO/c1-11-5-7-13(8-6-11)14(3,12(2)16)9-4-10-15/h5-8H,4,9H2,1-3H3. The van der Waals surface area contributed by atoms with E-state index in [-0.39, 0.29) is 5.78 Å². The molecule has 1 aromatic carbocycles. The Kier molecular flexibility index (Phi) is 3.84. The molecule has 0 aliphatic carbocycles. The average molecular weight is 215 g/mol. The van der Waals surface area contributed by atoms with Gasteiger partial charge in [0.1, 0.15) is 5.78 Å². The molecule has 0 heterocycles. The maximum Gasteiger partial charge on any atom is 0.140 e. The predicted molar refractivity (Wildman–Crippen MR) is 64.1 cm³/mol. The normalized spacial score (nSPS) is 13.9. The molecule has 0 fully saturated rings. The maximum atomic E-state index is 11.7. The van der Waals surface area contributed by atoms with E-state index in [1.165, 1.54) is 5.56 Å². The molecule has 1 unspecified atom stereocenters. The molecule has 1 atom stereocenters. The fourth-order valence-electron chi connectivity index (χ4n) is 1.75. The minimum atomic E-state index is -0.524. The number of aryl methyl sites for hydroxylation is 1. The van der Waals surface area contributed by atoms with Gasteiger partial charge in [-0.2, -0.15) is 5.26 Å². The number of hydrogen-bond donors (Lipinski definition) is 0. The molecule has 0 aliphatic heterocycles. The predicted octanol–water partition coefficient (Wildman–Crippen LogP) is 3.15. The first-order valence-corrected chi connectivity index (χ1v) is 5.46. The molecule has 1 aromatic rings. The Morgan fingerprint density at radius 1 is 1.38 bits per heavy atom. The Balaban J connectivity index is 3.07. The zero-order valence-electron chi connectivity index (χ0n) is 10.1. The highest BCUT2D eigenvalue weighted by Gasteiger charge is 2.31. The first-order chi connectivity index (χ1) is 7.50. The van der Waals surface area contributed by atoms with Gasteiger partial charge in [0.25, 0.3) is 0 Å². The SMILES string of the molecule is CC(=O)C(C)(CCC#N)c1ccc(C)cc1. The fourth-order valence-corrected chi connectivity index (χ4v) is 1.75. The van der Waals surface area contributed by atoms with Crippen LogP contribution in [0.4, 0.5) is 0 Å². The van der Waals surface area contributed by atoms with Gasteiger partial charge in [-0.05, 0) is 32.8 Å². The van der Waals surface area contributed by atoms with Gasteiger partial charge in [-0.15, -0.1) is 0 Å². The van der Waals surface area contributed by atoms with Crippen molar-refractivity contribution in [3.63, 3.8) is 0 Å². The second kappa shape index (κ2) is 4.94. The Hall–Kier alpha value is -1.62. The number of hydrogen-bond acceptors (Lipinski definition) is 2. The lowest BCUT2D eigenvalue weighted by Gasteiger charge is -2.26. The molecule has 16 heavy (non-hydrogen) atoms. The summed E-state index contributed by atoms with van der Waals surface area (Å²) in [6.07, 6.45) is 0.992.